The first-order valence-electron chi connectivity index (χ1n) is 10.3. The smallest absolute Gasteiger partial charge is 0.255 e. The number of aryl methyl sites for hydroxylation is 2. The maximum absolute atomic E-state index is 12.6. The molecule has 0 aliphatic heterocycles. The molecule has 1 amide bonds. The molecule has 32 heavy (non-hydrogen) atoms. The molecule has 1 heterocycles. The van der Waals surface area contributed by atoms with Crippen molar-refractivity contribution in [3.05, 3.63) is 111 Å². The molecule has 1 aromatic heterocycles. The summed E-state index contributed by atoms with van der Waals surface area (Å²) in [5.74, 6) is 0.660. The summed E-state index contributed by atoms with van der Waals surface area (Å²) in [6.07, 6.45) is 0. The molecular weight excluding hydrogens is 466 g/mol. The van der Waals surface area contributed by atoms with Crippen molar-refractivity contribution in [3.8, 4) is 5.75 Å². The molecule has 0 aliphatic carbocycles. The maximum atomic E-state index is 12.6. The van der Waals surface area contributed by atoms with Gasteiger partial charge in [-0.2, -0.15) is 5.10 Å². The first-order chi connectivity index (χ1) is 15.5. The first-order valence-corrected chi connectivity index (χ1v) is 11.1. The lowest BCUT2D eigenvalue weighted by atomic mass is 10.1. The van der Waals surface area contributed by atoms with Crippen molar-refractivity contribution >= 4 is 27.5 Å². The molecular formula is C26H24BrN3O2. The van der Waals surface area contributed by atoms with Gasteiger partial charge >= 0.3 is 0 Å². The van der Waals surface area contributed by atoms with Gasteiger partial charge in [-0.1, -0.05) is 40.2 Å². The summed E-state index contributed by atoms with van der Waals surface area (Å²) < 4.78 is 8.77. The van der Waals surface area contributed by atoms with Gasteiger partial charge in [0.15, 0.2) is 0 Å². The molecule has 6 heteroatoms. The predicted octanol–water partition coefficient (Wildman–Crippen LogP) is 6.14. The van der Waals surface area contributed by atoms with Crippen LogP contribution in [0.2, 0.25) is 0 Å². The first kappa shape index (κ1) is 21.8. The van der Waals surface area contributed by atoms with Gasteiger partial charge < -0.3 is 10.1 Å². The van der Waals surface area contributed by atoms with E-state index in [1.807, 2.05) is 91.3 Å². The number of aromatic nitrogens is 2. The lowest BCUT2D eigenvalue weighted by molar-refractivity contribution is 0.102. The van der Waals surface area contributed by atoms with E-state index in [-0.39, 0.29) is 5.91 Å². The highest BCUT2D eigenvalue weighted by atomic mass is 79.9. The van der Waals surface area contributed by atoms with Crippen LogP contribution in [0.1, 0.15) is 32.9 Å². The van der Waals surface area contributed by atoms with E-state index in [1.54, 1.807) is 0 Å². The number of nitrogens with one attached hydrogen (secondary N) is 1. The van der Waals surface area contributed by atoms with Gasteiger partial charge in [-0.05, 0) is 79.6 Å². The molecule has 0 atom stereocenters. The third kappa shape index (κ3) is 5.65. The largest absolute Gasteiger partial charge is 0.489 e. The van der Waals surface area contributed by atoms with Crippen LogP contribution in [0.25, 0.3) is 0 Å². The lowest BCUT2D eigenvalue weighted by Gasteiger charge is -2.09. The highest BCUT2D eigenvalue weighted by Gasteiger charge is 2.07. The SMILES string of the molecule is Cc1cc(C)n(Cc2ccc(NC(=O)c3ccc(COc4ccc(Br)cc4)cc3)cc2)n1. The second-order valence-electron chi connectivity index (χ2n) is 7.68. The summed E-state index contributed by atoms with van der Waals surface area (Å²) in [6, 6.07) is 25.1. The van der Waals surface area contributed by atoms with E-state index < -0.39 is 0 Å². The third-order valence-electron chi connectivity index (χ3n) is 5.08. The number of hydrogen-bond acceptors (Lipinski definition) is 3. The molecule has 3 aromatic carbocycles. The van der Waals surface area contributed by atoms with E-state index in [9.17, 15) is 4.79 Å². The average Bonchev–Trinajstić information content (AvgIpc) is 3.11. The Morgan fingerprint density at radius 3 is 2.22 bits per heavy atom. The number of hydrogen-bond donors (Lipinski definition) is 1. The molecule has 0 saturated heterocycles. The molecule has 0 fully saturated rings. The summed E-state index contributed by atoms with van der Waals surface area (Å²) in [5.41, 5.74) is 5.63. The van der Waals surface area contributed by atoms with Crippen molar-refractivity contribution in [2.75, 3.05) is 5.32 Å². The van der Waals surface area contributed by atoms with Crippen molar-refractivity contribution in [2.45, 2.75) is 27.0 Å². The second kappa shape index (κ2) is 9.83. The topological polar surface area (TPSA) is 56.2 Å². The second-order valence-corrected chi connectivity index (χ2v) is 8.59. The van der Waals surface area contributed by atoms with E-state index in [4.69, 9.17) is 4.74 Å². The standard InChI is InChI=1S/C26H24BrN3O2/c1-18-15-19(2)30(29-18)16-20-5-11-24(12-6-20)28-26(31)22-7-3-21(4-8-22)17-32-25-13-9-23(27)10-14-25/h3-15H,16-17H2,1-2H3,(H,28,31). The van der Waals surface area contributed by atoms with Gasteiger partial charge in [0, 0.05) is 21.4 Å². The van der Waals surface area contributed by atoms with Gasteiger partial charge in [-0.3, -0.25) is 9.48 Å². The number of amides is 1. The number of rotatable bonds is 7. The number of carbonyl (C=O) groups is 1. The van der Waals surface area contributed by atoms with Crippen molar-refractivity contribution in [3.63, 3.8) is 0 Å². The molecule has 5 nitrogen and oxygen atoms in total. The molecule has 0 saturated carbocycles. The Bertz CT molecular complexity index is 1200. The Balaban J connectivity index is 1.32. The van der Waals surface area contributed by atoms with Crippen molar-refractivity contribution in [1.82, 2.24) is 9.78 Å². The van der Waals surface area contributed by atoms with Gasteiger partial charge in [0.05, 0.1) is 12.2 Å². The maximum Gasteiger partial charge on any atom is 0.255 e. The molecule has 1 N–H and O–H groups in total. The van der Waals surface area contributed by atoms with E-state index in [1.165, 1.54) is 0 Å². The normalized spacial score (nSPS) is 10.7. The van der Waals surface area contributed by atoms with Gasteiger partial charge in [0.1, 0.15) is 12.4 Å². The minimum Gasteiger partial charge on any atom is -0.489 e. The molecule has 162 valence electrons. The van der Waals surface area contributed by atoms with Crippen LogP contribution in [0.5, 0.6) is 5.75 Å². The van der Waals surface area contributed by atoms with Crippen LogP contribution in [0.15, 0.2) is 83.3 Å². The van der Waals surface area contributed by atoms with Crippen LogP contribution >= 0.6 is 15.9 Å². The van der Waals surface area contributed by atoms with E-state index in [0.29, 0.717) is 18.7 Å². The van der Waals surface area contributed by atoms with Gasteiger partial charge in [-0.15, -0.1) is 0 Å². The van der Waals surface area contributed by atoms with E-state index in [2.05, 4.69) is 32.4 Å². The Morgan fingerprint density at radius 1 is 0.938 bits per heavy atom. The molecule has 0 radical (unpaired) electrons. The van der Waals surface area contributed by atoms with Gasteiger partial charge in [0.25, 0.3) is 5.91 Å². The predicted molar refractivity (Wildman–Crippen MR) is 130 cm³/mol. The van der Waals surface area contributed by atoms with Crippen molar-refractivity contribution in [2.24, 2.45) is 0 Å². The Labute approximate surface area is 196 Å². The Morgan fingerprint density at radius 2 is 1.59 bits per heavy atom. The third-order valence-corrected chi connectivity index (χ3v) is 5.61. The Hall–Kier alpha value is -3.38. The summed E-state index contributed by atoms with van der Waals surface area (Å²) in [5, 5.41) is 7.44. The quantitative estimate of drug-likeness (QED) is 0.339. The van der Waals surface area contributed by atoms with Crippen LogP contribution in [0.3, 0.4) is 0 Å². The number of benzene rings is 3. The van der Waals surface area contributed by atoms with Gasteiger partial charge in [-0.25, -0.2) is 0 Å². The van der Waals surface area contributed by atoms with Crippen LogP contribution in [0, 0.1) is 13.8 Å². The summed E-state index contributed by atoms with van der Waals surface area (Å²) in [7, 11) is 0. The number of halogens is 1. The molecule has 0 bridgehead atoms. The summed E-state index contributed by atoms with van der Waals surface area (Å²) in [4.78, 5) is 12.6. The fraction of sp³-hybridized carbons (Fsp3) is 0.154. The molecule has 4 aromatic rings. The van der Waals surface area contributed by atoms with Crippen molar-refractivity contribution < 1.29 is 9.53 Å². The van der Waals surface area contributed by atoms with Crippen LogP contribution in [0.4, 0.5) is 5.69 Å². The molecule has 0 unspecified atom stereocenters. The highest BCUT2D eigenvalue weighted by Crippen LogP contribution is 2.18. The van der Waals surface area contributed by atoms with Crippen molar-refractivity contribution in [1.29, 1.82) is 0 Å². The monoisotopic (exact) mass is 489 g/mol. The zero-order valence-corrected chi connectivity index (χ0v) is 19.6. The summed E-state index contributed by atoms with van der Waals surface area (Å²) in [6.45, 7) is 5.19. The minimum atomic E-state index is -0.142. The average molecular weight is 490 g/mol. The van der Waals surface area contributed by atoms with Crippen LogP contribution < -0.4 is 10.1 Å². The molecule has 0 spiro atoms. The zero-order chi connectivity index (χ0) is 22.5. The number of anilines is 1. The fourth-order valence-electron chi connectivity index (χ4n) is 3.35. The molecule has 4 rings (SSSR count). The Kier molecular flexibility index (Phi) is 6.71. The van der Waals surface area contributed by atoms with Gasteiger partial charge in [0.2, 0.25) is 0 Å². The zero-order valence-electron chi connectivity index (χ0n) is 18.0. The van der Waals surface area contributed by atoms with Crippen LogP contribution in [-0.4, -0.2) is 15.7 Å². The molecule has 0 aliphatic rings. The number of ether oxygens (including phenoxy) is 1. The van der Waals surface area contributed by atoms with E-state index >= 15 is 0 Å². The van der Waals surface area contributed by atoms with E-state index in [0.717, 1.165) is 38.4 Å². The number of carbonyl (C=O) groups excluding carboxylic acids is 1. The minimum absolute atomic E-state index is 0.142. The summed E-state index contributed by atoms with van der Waals surface area (Å²) >= 11 is 3.41. The number of nitrogens with zero attached hydrogens (tertiary/aromatic N) is 2. The lowest BCUT2D eigenvalue weighted by Crippen LogP contribution is -2.12. The highest BCUT2D eigenvalue weighted by molar-refractivity contribution is 9.10. The van der Waals surface area contributed by atoms with Crippen LogP contribution in [-0.2, 0) is 13.2 Å². The fourth-order valence-corrected chi connectivity index (χ4v) is 3.62.